The second kappa shape index (κ2) is 9.59. The van der Waals surface area contributed by atoms with Crippen LogP contribution in [0.5, 0.6) is 11.5 Å². The predicted molar refractivity (Wildman–Crippen MR) is 99.6 cm³/mol. The fourth-order valence-corrected chi connectivity index (χ4v) is 2.30. The van der Waals surface area contributed by atoms with Gasteiger partial charge in [0, 0.05) is 11.6 Å². The third-order valence-corrected chi connectivity index (χ3v) is 3.70. The number of carbonyl (C=O) groups is 2. The van der Waals surface area contributed by atoms with E-state index < -0.39 is 24.3 Å². The zero-order chi connectivity index (χ0) is 19.8. The van der Waals surface area contributed by atoms with E-state index in [1.807, 2.05) is 0 Å². The van der Waals surface area contributed by atoms with E-state index in [0.717, 1.165) is 18.2 Å². The maximum Gasteiger partial charge on any atom is 0.331 e. The Balaban J connectivity index is 1.92. The van der Waals surface area contributed by atoms with Crippen LogP contribution in [0.15, 0.2) is 42.5 Å². The summed E-state index contributed by atoms with van der Waals surface area (Å²) in [5, 5.41) is 2.47. The molecule has 0 fully saturated rings. The molecule has 0 aliphatic heterocycles. The minimum atomic E-state index is -0.722. The zero-order valence-electron chi connectivity index (χ0n) is 14.6. The Bertz CT molecular complexity index is 869. The molecule has 0 aliphatic carbocycles. The van der Waals surface area contributed by atoms with Crippen LogP contribution in [0, 0.1) is 5.82 Å². The van der Waals surface area contributed by atoms with Crippen molar-refractivity contribution in [2.45, 2.75) is 0 Å². The Hall–Kier alpha value is -3.06. The van der Waals surface area contributed by atoms with Crippen molar-refractivity contribution in [2.75, 3.05) is 26.1 Å². The van der Waals surface area contributed by atoms with Crippen molar-refractivity contribution in [2.24, 2.45) is 0 Å². The highest BCUT2D eigenvalue weighted by atomic mass is 35.5. The van der Waals surface area contributed by atoms with E-state index in [1.54, 1.807) is 18.2 Å². The summed E-state index contributed by atoms with van der Waals surface area (Å²) >= 11 is 5.81. The number of hydrogen-bond acceptors (Lipinski definition) is 5. The average Bonchev–Trinajstić information content (AvgIpc) is 2.66. The highest BCUT2D eigenvalue weighted by molar-refractivity contribution is 6.33. The first-order chi connectivity index (χ1) is 12.9. The van der Waals surface area contributed by atoms with Crippen LogP contribution in [-0.2, 0) is 14.3 Å². The molecule has 142 valence electrons. The van der Waals surface area contributed by atoms with E-state index in [4.69, 9.17) is 25.8 Å². The second-order valence-electron chi connectivity index (χ2n) is 5.22. The molecule has 2 rings (SSSR count). The van der Waals surface area contributed by atoms with E-state index in [1.165, 1.54) is 26.4 Å². The van der Waals surface area contributed by atoms with Crippen LogP contribution < -0.4 is 14.8 Å². The molecule has 0 saturated carbocycles. The molecule has 1 N–H and O–H groups in total. The Morgan fingerprint density at radius 1 is 1.15 bits per heavy atom. The summed E-state index contributed by atoms with van der Waals surface area (Å²) in [6.07, 6.45) is 2.65. The first-order valence-corrected chi connectivity index (χ1v) is 8.12. The molecular formula is C19H17ClFNO5. The Morgan fingerprint density at radius 2 is 1.93 bits per heavy atom. The molecule has 2 aromatic rings. The van der Waals surface area contributed by atoms with Crippen molar-refractivity contribution in [1.82, 2.24) is 0 Å². The summed E-state index contributed by atoms with van der Waals surface area (Å²) < 4.78 is 28.2. The van der Waals surface area contributed by atoms with Crippen LogP contribution in [0.4, 0.5) is 10.1 Å². The number of anilines is 1. The van der Waals surface area contributed by atoms with Gasteiger partial charge in [0.2, 0.25) is 0 Å². The van der Waals surface area contributed by atoms with Gasteiger partial charge in [-0.3, -0.25) is 4.79 Å². The van der Waals surface area contributed by atoms with Crippen LogP contribution in [0.25, 0.3) is 6.08 Å². The lowest BCUT2D eigenvalue weighted by Gasteiger charge is -2.08. The number of hydrogen-bond donors (Lipinski definition) is 1. The standard InChI is InChI=1S/C19H17ClFNO5/c1-25-14-5-7-17(26-2)12(9-14)3-8-19(24)27-11-18(23)22-16-6-4-13(21)10-15(16)20/h3-10H,11H2,1-2H3,(H,22,23). The minimum Gasteiger partial charge on any atom is -0.497 e. The van der Waals surface area contributed by atoms with Crippen LogP contribution in [0.2, 0.25) is 5.02 Å². The van der Waals surface area contributed by atoms with Gasteiger partial charge in [-0.1, -0.05) is 11.6 Å². The quantitative estimate of drug-likeness (QED) is 0.573. The number of rotatable bonds is 7. The summed E-state index contributed by atoms with van der Waals surface area (Å²) in [6.45, 7) is -0.522. The SMILES string of the molecule is COc1ccc(OC)c(C=CC(=O)OCC(=O)Nc2ccc(F)cc2Cl)c1. The van der Waals surface area contributed by atoms with Gasteiger partial charge < -0.3 is 19.5 Å². The van der Waals surface area contributed by atoms with Crippen LogP contribution >= 0.6 is 11.6 Å². The van der Waals surface area contributed by atoms with Gasteiger partial charge in [-0.2, -0.15) is 0 Å². The van der Waals surface area contributed by atoms with Gasteiger partial charge in [0.05, 0.1) is 24.9 Å². The molecule has 0 spiro atoms. The minimum absolute atomic E-state index is 0.0414. The lowest BCUT2D eigenvalue weighted by Crippen LogP contribution is -2.20. The van der Waals surface area contributed by atoms with Crippen molar-refractivity contribution < 1.29 is 28.2 Å². The highest BCUT2D eigenvalue weighted by Gasteiger charge is 2.09. The van der Waals surface area contributed by atoms with E-state index in [0.29, 0.717) is 17.1 Å². The first kappa shape index (κ1) is 20.3. The van der Waals surface area contributed by atoms with Crippen LogP contribution in [0.3, 0.4) is 0 Å². The fraction of sp³-hybridized carbons (Fsp3) is 0.158. The van der Waals surface area contributed by atoms with Gasteiger partial charge in [0.1, 0.15) is 17.3 Å². The van der Waals surface area contributed by atoms with Gasteiger partial charge in [0.25, 0.3) is 5.91 Å². The summed E-state index contributed by atoms with van der Waals surface area (Å²) in [5.74, 6) is -0.713. The molecule has 0 bridgehead atoms. The number of methoxy groups -OCH3 is 2. The number of ether oxygens (including phenoxy) is 3. The lowest BCUT2D eigenvalue weighted by molar-refractivity contribution is -0.142. The topological polar surface area (TPSA) is 73.9 Å². The van der Waals surface area contributed by atoms with E-state index >= 15 is 0 Å². The molecule has 8 heteroatoms. The molecule has 0 aliphatic rings. The van der Waals surface area contributed by atoms with Gasteiger partial charge in [-0.25, -0.2) is 9.18 Å². The lowest BCUT2D eigenvalue weighted by atomic mass is 10.1. The molecule has 0 heterocycles. The summed E-state index contributed by atoms with van der Waals surface area (Å²) in [5.41, 5.74) is 0.826. The average molecular weight is 394 g/mol. The maximum absolute atomic E-state index is 13.0. The number of carbonyl (C=O) groups excluding carboxylic acids is 2. The van der Waals surface area contributed by atoms with E-state index in [9.17, 15) is 14.0 Å². The summed E-state index contributed by atoms with van der Waals surface area (Å²) in [7, 11) is 3.03. The van der Waals surface area contributed by atoms with Crippen LogP contribution in [-0.4, -0.2) is 32.7 Å². The third kappa shape index (κ3) is 6.00. The smallest absolute Gasteiger partial charge is 0.331 e. The Morgan fingerprint density at radius 3 is 2.59 bits per heavy atom. The van der Waals surface area contributed by atoms with Crippen LogP contribution in [0.1, 0.15) is 5.56 Å². The van der Waals surface area contributed by atoms with Gasteiger partial charge in [0.15, 0.2) is 6.61 Å². The third-order valence-electron chi connectivity index (χ3n) is 3.39. The Kier molecular flexibility index (Phi) is 7.19. The number of amides is 1. The number of esters is 1. The molecule has 6 nitrogen and oxygen atoms in total. The van der Waals surface area contributed by atoms with E-state index in [-0.39, 0.29) is 10.7 Å². The molecule has 0 unspecified atom stereocenters. The van der Waals surface area contributed by atoms with Gasteiger partial charge in [-0.05, 0) is 42.5 Å². The number of benzene rings is 2. The zero-order valence-corrected chi connectivity index (χ0v) is 15.4. The van der Waals surface area contributed by atoms with Gasteiger partial charge >= 0.3 is 5.97 Å². The second-order valence-corrected chi connectivity index (χ2v) is 5.63. The molecule has 0 atom stereocenters. The molecule has 2 aromatic carbocycles. The van der Waals surface area contributed by atoms with Gasteiger partial charge in [-0.15, -0.1) is 0 Å². The largest absolute Gasteiger partial charge is 0.497 e. The molecule has 27 heavy (non-hydrogen) atoms. The number of nitrogens with one attached hydrogen (secondary N) is 1. The normalized spacial score (nSPS) is 10.5. The highest BCUT2D eigenvalue weighted by Crippen LogP contribution is 2.25. The van der Waals surface area contributed by atoms with Crippen molar-refractivity contribution in [3.8, 4) is 11.5 Å². The fourth-order valence-electron chi connectivity index (χ4n) is 2.09. The van der Waals surface area contributed by atoms with Crippen molar-refractivity contribution in [3.63, 3.8) is 0 Å². The van der Waals surface area contributed by atoms with Crippen molar-refractivity contribution >= 4 is 35.2 Å². The maximum atomic E-state index is 13.0. The summed E-state index contributed by atoms with van der Waals surface area (Å²) in [4.78, 5) is 23.6. The molecule has 0 saturated heterocycles. The summed E-state index contributed by atoms with van der Waals surface area (Å²) in [6, 6.07) is 8.63. The predicted octanol–water partition coefficient (Wildman–Crippen LogP) is 3.69. The Labute approximate surface area is 160 Å². The molecular weight excluding hydrogens is 377 g/mol. The van der Waals surface area contributed by atoms with Crippen molar-refractivity contribution in [1.29, 1.82) is 0 Å². The van der Waals surface area contributed by atoms with E-state index in [2.05, 4.69) is 5.32 Å². The monoisotopic (exact) mass is 393 g/mol. The molecule has 0 aromatic heterocycles. The molecule has 1 amide bonds. The molecule has 0 radical (unpaired) electrons. The number of halogens is 2. The first-order valence-electron chi connectivity index (χ1n) is 7.74. The van der Waals surface area contributed by atoms with Crippen molar-refractivity contribution in [3.05, 3.63) is 58.9 Å².